The van der Waals surface area contributed by atoms with Crippen LogP contribution in [0.1, 0.15) is 28.4 Å². The number of aromatic nitrogens is 1. The van der Waals surface area contributed by atoms with Crippen molar-refractivity contribution in [3.63, 3.8) is 0 Å². The average Bonchev–Trinajstić information content (AvgIpc) is 2.63. The number of amides is 1. The van der Waals surface area contributed by atoms with Gasteiger partial charge in [-0.15, -0.1) is 0 Å². The molecule has 0 bridgehead atoms. The van der Waals surface area contributed by atoms with Crippen molar-refractivity contribution in [2.75, 3.05) is 24.6 Å². The lowest BCUT2D eigenvalue weighted by molar-refractivity contribution is -0.126. The molecule has 1 aliphatic rings. The maximum atomic E-state index is 13.1. The molecule has 0 radical (unpaired) electrons. The number of hydrogen-bond donors (Lipinski definition) is 2. The first kappa shape index (κ1) is 20.3. The van der Waals surface area contributed by atoms with Crippen molar-refractivity contribution < 1.29 is 13.2 Å². The Kier molecular flexibility index (Phi) is 6.00. The van der Waals surface area contributed by atoms with Crippen molar-refractivity contribution in [2.24, 2.45) is 0 Å². The Balaban J connectivity index is 1.81. The number of carbonyl (C=O) groups excluding carboxylic acids is 1. The lowest BCUT2D eigenvalue weighted by atomic mass is 10.0. The molecule has 2 N–H and O–H groups in total. The van der Waals surface area contributed by atoms with Gasteiger partial charge in [0.05, 0.1) is 11.5 Å². The summed E-state index contributed by atoms with van der Waals surface area (Å²) in [5.74, 6) is -0.161. The third-order valence-corrected chi connectivity index (χ3v) is 6.65. The number of sulfone groups is 1. The fraction of sp³-hybridized carbons (Fsp3) is 0.400. The summed E-state index contributed by atoms with van der Waals surface area (Å²) in [5, 5.41) is 2.87. The zero-order valence-electron chi connectivity index (χ0n) is 16.1. The Hall–Kier alpha value is -2.45. The second-order valence-electron chi connectivity index (χ2n) is 7.16. The van der Waals surface area contributed by atoms with Crippen LogP contribution < -0.4 is 10.9 Å². The van der Waals surface area contributed by atoms with Crippen LogP contribution in [0.25, 0.3) is 0 Å². The van der Waals surface area contributed by atoms with E-state index in [9.17, 15) is 18.0 Å². The SMILES string of the molecule is Cc1cc(C)c(CNC(=O)C(c2ccccc2)N2CCS(=O)(=O)CC2)c(=O)[nH]1. The molecule has 1 aromatic heterocycles. The van der Waals surface area contributed by atoms with Crippen LogP contribution in [0.5, 0.6) is 0 Å². The van der Waals surface area contributed by atoms with Crippen LogP contribution in [0.15, 0.2) is 41.2 Å². The van der Waals surface area contributed by atoms with Gasteiger partial charge in [-0.1, -0.05) is 30.3 Å². The zero-order valence-corrected chi connectivity index (χ0v) is 16.9. The molecule has 0 aliphatic carbocycles. The van der Waals surface area contributed by atoms with E-state index in [2.05, 4.69) is 10.3 Å². The highest BCUT2D eigenvalue weighted by Gasteiger charge is 2.32. The smallest absolute Gasteiger partial charge is 0.253 e. The molecule has 8 heteroatoms. The molecule has 1 fully saturated rings. The fourth-order valence-electron chi connectivity index (χ4n) is 3.52. The normalized spacial score (nSPS) is 17.8. The molecule has 1 unspecified atom stereocenters. The molecule has 1 amide bonds. The van der Waals surface area contributed by atoms with Gasteiger partial charge in [-0.2, -0.15) is 0 Å². The van der Waals surface area contributed by atoms with Crippen molar-refractivity contribution >= 4 is 15.7 Å². The Morgan fingerprint density at radius 1 is 1.18 bits per heavy atom. The maximum Gasteiger partial charge on any atom is 0.253 e. The summed E-state index contributed by atoms with van der Waals surface area (Å²) in [6, 6.07) is 10.6. The monoisotopic (exact) mass is 403 g/mol. The average molecular weight is 404 g/mol. The second-order valence-corrected chi connectivity index (χ2v) is 9.47. The summed E-state index contributed by atoms with van der Waals surface area (Å²) < 4.78 is 23.5. The van der Waals surface area contributed by atoms with Gasteiger partial charge in [0.1, 0.15) is 6.04 Å². The van der Waals surface area contributed by atoms with E-state index in [1.165, 1.54) is 0 Å². The quantitative estimate of drug-likeness (QED) is 0.778. The molecular formula is C20H25N3O4S. The van der Waals surface area contributed by atoms with Crippen molar-refractivity contribution in [3.05, 3.63) is 69.1 Å². The Labute approximate surface area is 164 Å². The zero-order chi connectivity index (χ0) is 20.3. The van der Waals surface area contributed by atoms with E-state index in [4.69, 9.17) is 0 Å². The lowest BCUT2D eigenvalue weighted by Gasteiger charge is -2.33. The van der Waals surface area contributed by atoms with Crippen molar-refractivity contribution in [1.29, 1.82) is 0 Å². The second kappa shape index (κ2) is 8.28. The Bertz CT molecular complexity index is 1000. The number of hydrogen-bond acceptors (Lipinski definition) is 5. The van der Waals surface area contributed by atoms with E-state index >= 15 is 0 Å². The predicted molar refractivity (Wildman–Crippen MR) is 108 cm³/mol. The summed E-state index contributed by atoms with van der Waals surface area (Å²) in [4.78, 5) is 29.9. The lowest BCUT2D eigenvalue weighted by Crippen LogP contribution is -2.47. The summed E-state index contributed by atoms with van der Waals surface area (Å²) in [5.41, 5.74) is 2.70. The molecule has 0 saturated carbocycles. The summed E-state index contributed by atoms with van der Waals surface area (Å²) >= 11 is 0. The number of rotatable bonds is 5. The minimum Gasteiger partial charge on any atom is -0.350 e. The number of aromatic amines is 1. The largest absolute Gasteiger partial charge is 0.350 e. The minimum atomic E-state index is -3.05. The summed E-state index contributed by atoms with van der Waals surface area (Å²) in [7, 11) is -3.05. The molecule has 150 valence electrons. The molecule has 7 nitrogen and oxygen atoms in total. The maximum absolute atomic E-state index is 13.1. The third-order valence-electron chi connectivity index (χ3n) is 5.04. The highest BCUT2D eigenvalue weighted by atomic mass is 32.2. The molecule has 1 atom stereocenters. The van der Waals surface area contributed by atoms with Crippen LogP contribution in [0.3, 0.4) is 0 Å². The number of pyridine rings is 1. The first-order chi connectivity index (χ1) is 13.3. The molecule has 2 heterocycles. The number of nitrogens with one attached hydrogen (secondary N) is 2. The van der Waals surface area contributed by atoms with E-state index < -0.39 is 15.9 Å². The molecule has 2 aromatic rings. The van der Waals surface area contributed by atoms with Gasteiger partial charge in [-0.05, 0) is 31.0 Å². The van der Waals surface area contributed by atoms with Gasteiger partial charge < -0.3 is 10.3 Å². The predicted octanol–water partition coefficient (Wildman–Crippen LogP) is 1.08. The standard InChI is InChI=1S/C20H25N3O4S/c1-14-12-15(2)22-19(24)17(14)13-21-20(25)18(16-6-4-3-5-7-16)23-8-10-28(26,27)11-9-23/h3-7,12,18H,8-11,13H2,1-2H3,(H,21,25)(H,22,24). The van der Waals surface area contributed by atoms with Gasteiger partial charge in [-0.25, -0.2) is 8.42 Å². The van der Waals surface area contributed by atoms with E-state index in [0.29, 0.717) is 18.7 Å². The van der Waals surface area contributed by atoms with Crippen LogP contribution >= 0.6 is 0 Å². The van der Waals surface area contributed by atoms with Crippen LogP contribution in [-0.2, 0) is 21.2 Å². The van der Waals surface area contributed by atoms with Gasteiger partial charge in [0.25, 0.3) is 5.56 Å². The van der Waals surface area contributed by atoms with Crippen LogP contribution in [0, 0.1) is 13.8 Å². The molecular weight excluding hydrogens is 378 g/mol. The van der Waals surface area contributed by atoms with Crippen LogP contribution in [-0.4, -0.2) is 48.8 Å². The first-order valence-corrected chi connectivity index (χ1v) is 11.1. The van der Waals surface area contributed by atoms with Crippen LogP contribution in [0.2, 0.25) is 0 Å². The summed E-state index contributed by atoms with van der Waals surface area (Å²) in [6.07, 6.45) is 0. The van der Waals surface area contributed by atoms with Crippen molar-refractivity contribution in [3.8, 4) is 0 Å². The highest BCUT2D eigenvalue weighted by molar-refractivity contribution is 7.91. The van der Waals surface area contributed by atoms with Gasteiger partial charge in [0, 0.05) is 30.9 Å². The van der Waals surface area contributed by atoms with Gasteiger partial charge in [-0.3, -0.25) is 14.5 Å². The number of nitrogens with zero attached hydrogens (tertiary/aromatic N) is 1. The van der Waals surface area contributed by atoms with Gasteiger partial charge in [0.15, 0.2) is 9.84 Å². The minimum absolute atomic E-state index is 0.0420. The van der Waals surface area contributed by atoms with Gasteiger partial charge in [0.2, 0.25) is 5.91 Å². The Morgan fingerprint density at radius 3 is 2.43 bits per heavy atom. The van der Waals surface area contributed by atoms with E-state index in [-0.39, 0.29) is 29.5 Å². The van der Waals surface area contributed by atoms with E-state index in [1.807, 2.05) is 55.1 Å². The topological polar surface area (TPSA) is 99.3 Å². The molecule has 1 saturated heterocycles. The Morgan fingerprint density at radius 2 is 1.82 bits per heavy atom. The third kappa shape index (κ3) is 4.69. The summed E-state index contributed by atoms with van der Waals surface area (Å²) in [6.45, 7) is 4.38. The first-order valence-electron chi connectivity index (χ1n) is 9.23. The number of H-pyrrole nitrogens is 1. The molecule has 3 rings (SSSR count). The highest BCUT2D eigenvalue weighted by Crippen LogP contribution is 2.23. The van der Waals surface area contributed by atoms with E-state index in [0.717, 1.165) is 16.8 Å². The van der Waals surface area contributed by atoms with Crippen molar-refractivity contribution in [1.82, 2.24) is 15.2 Å². The van der Waals surface area contributed by atoms with Crippen LogP contribution in [0.4, 0.5) is 0 Å². The number of benzene rings is 1. The molecule has 28 heavy (non-hydrogen) atoms. The molecule has 1 aliphatic heterocycles. The van der Waals surface area contributed by atoms with Crippen molar-refractivity contribution in [2.45, 2.75) is 26.4 Å². The number of aryl methyl sites for hydroxylation is 2. The molecule has 1 aromatic carbocycles. The van der Waals surface area contributed by atoms with E-state index in [1.54, 1.807) is 0 Å². The number of carbonyl (C=O) groups is 1. The fourth-order valence-corrected chi connectivity index (χ4v) is 4.75. The molecule has 0 spiro atoms. The van der Waals surface area contributed by atoms with Gasteiger partial charge >= 0.3 is 0 Å².